The van der Waals surface area contributed by atoms with Crippen LogP contribution < -0.4 is 0 Å². The molecule has 0 fully saturated rings. The second-order valence-corrected chi connectivity index (χ2v) is 4.28. The summed E-state index contributed by atoms with van der Waals surface area (Å²) in [6, 6.07) is 8.45. The molecule has 0 saturated carbocycles. The third-order valence-corrected chi connectivity index (χ3v) is 2.97. The first-order chi connectivity index (χ1) is 9.47. The van der Waals surface area contributed by atoms with Crippen LogP contribution >= 0.6 is 0 Å². The fraction of sp³-hybridized carbons (Fsp3) is 0.286. The number of aryl methyl sites for hydroxylation is 1. The van der Waals surface area contributed by atoms with Gasteiger partial charge in [0.25, 0.3) is 0 Å². The van der Waals surface area contributed by atoms with Crippen molar-refractivity contribution in [1.82, 2.24) is 9.78 Å². The molecule has 0 amide bonds. The van der Waals surface area contributed by atoms with Crippen LogP contribution in [0.5, 0.6) is 0 Å². The molecule has 0 N–H and O–H groups in total. The zero-order valence-corrected chi connectivity index (χ0v) is 10.8. The van der Waals surface area contributed by atoms with Crippen LogP contribution in [0.1, 0.15) is 23.7 Å². The van der Waals surface area contributed by atoms with Crippen molar-refractivity contribution in [3.8, 4) is 11.8 Å². The van der Waals surface area contributed by atoms with Gasteiger partial charge in [0.2, 0.25) is 0 Å². The average molecular weight is 279 g/mol. The van der Waals surface area contributed by atoms with Crippen LogP contribution in [0.25, 0.3) is 5.69 Å². The van der Waals surface area contributed by atoms with E-state index in [1.165, 1.54) is 0 Å². The van der Waals surface area contributed by atoms with Gasteiger partial charge in [-0.1, -0.05) is 19.1 Å². The zero-order valence-electron chi connectivity index (χ0n) is 10.8. The van der Waals surface area contributed by atoms with Crippen molar-refractivity contribution in [3.63, 3.8) is 0 Å². The summed E-state index contributed by atoms with van der Waals surface area (Å²) in [6.07, 6.45) is -2.96. The monoisotopic (exact) mass is 279 g/mol. The number of aromatic nitrogens is 2. The van der Waals surface area contributed by atoms with Crippen LogP contribution in [0.2, 0.25) is 0 Å². The highest BCUT2D eigenvalue weighted by molar-refractivity contribution is 5.38. The molecule has 0 aliphatic heterocycles. The Hall–Kier alpha value is -2.29. The number of hydrogen-bond donors (Lipinski definition) is 0. The Kier molecular flexibility index (Phi) is 3.79. The van der Waals surface area contributed by atoms with E-state index in [-0.39, 0.29) is 12.0 Å². The highest BCUT2D eigenvalue weighted by atomic mass is 19.4. The SMILES string of the molecule is CCc1ccc(-n2ncc(CC#N)c2C(F)(F)F)cc1. The molecule has 0 aliphatic rings. The van der Waals surface area contributed by atoms with E-state index in [2.05, 4.69) is 5.10 Å². The summed E-state index contributed by atoms with van der Waals surface area (Å²) in [4.78, 5) is 0. The molecule has 0 spiro atoms. The number of benzene rings is 1. The first-order valence-electron chi connectivity index (χ1n) is 6.07. The molecule has 20 heavy (non-hydrogen) atoms. The molecule has 0 atom stereocenters. The molecular formula is C14H12F3N3. The number of nitriles is 1. The van der Waals surface area contributed by atoms with E-state index in [1.807, 2.05) is 6.92 Å². The number of rotatable bonds is 3. The topological polar surface area (TPSA) is 41.6 Å². The maximum atomic E-state index is 13.1. The predicted octanol–water partition coefficient (Wildman–Crippen LogP) is 3.52. The van der Waals surface area contributed by atoms with Gasteiger partial charge in [0.15, 0.2) is 5.69 Å². The van der Waals surface area contributed by atoms with E-state index >= 15 is 0 Å². The maximum Gasteiger partial charge on any atom is 0.433 e. The summed E-state index contributed by atoms with van der Waals surface area (Å²) < 4.78 is 40.2. The van der Waals surface area contributed by atoms with Gasteiger partial charge in [0.05, 0.1) is 24.4 Å². The second kappa shape index (κ2) is 5.37. The lowest BCUT2D eigenvalue weighted by Crippen LogP contribution is -2.15. The minimum Gasteiger partial charge on any atom is -0.228 e. The van der Waals surface area contributed by atoms with Crippen LogP contribution in [0.15, 0.2) is 30.5 Å². The third-order valence-electron chi connectivity index (χ3n) is 2.97. The van der Waals surface area contributed by atoms with Gasteiger partial charge in [0.1, 0.15) is 0 Å². The van der Waals surface area contributed by atoms with Crippen LogP contribution in [-0.2, 0) is 19.0 Å². The Morgan fingerprint density at radius 1 is 1.25 bits per heavy atom. The summed E-state index contributed by atoms with van der Waals surface area (Å²) >= 11 is 0. The van der Waals surface area contributed by atoms with Gasteiger partial charge in [-0.05, 0) is 24.1 Å². The van der Waals surface area contributed by atoms with Gasteiger partial charge >= 0.3 is 6.18 Å². The lowest BCUT2D eigenvalue weighted by molar-refractivity contribution is -0.143. The Labute approximate surface area is 114 Å². The maximum absolute atomic E-state index is 13.1. The van der Waals surface area contributed by atoms with Crippen LogP contribution in [0, 0.1) is 11.3 Å². The van der Waals surface area contributed by atoms with Crippen LogP contribution in [0.3, 0.4) is 0 Å². The van der Waals surface area contributed by atoms with E-state index < -0.39 is 11.9 Å². The molecule has 0 unspecified atom stereocenters. The molecule has 1 aromatic carbocycles. The molecule has 6 heteroatoms. The quantitative estimate of drug-likeness (QED) is 0.862. The molecule has 104 valence electrons. The fourth-order valence-corrected chi connectivity index (χ4v) is 1.97. The van der Waals surface area contributed by atoms with E-state index in [0.717, 1.165) is 22.9 Å². The van der Waals surface area contributed by atoms with Gasteiger partial charge in [-0.15, -0.1) is 0 Å². The van der Waals surface area contributed by atoms with Crippen molar-refractivity contribution in [1.29, 1.82) is 5.26 Å². The number of halogens is 3. The number of alkyl halides is 3. The smallest absolute Gasteiger partial charge is 0.228 e. The summed E-state index contributed by atoms with van der Waals surface area (Å²) in [6.45, 7) is 1.97. The van der Waals surface area contributed by atoms with Gasteiger partial charge in [-0.2, -0.15) is 23.5 Å². The van der Waals surface area contributed by atoms with Crippen molar-refractivity contribution in [2.75, 3.05) is 0 Å². The molecule has 1 heterocycles. The lowest BCUT2D eigenvalue weighted by Gasteiger charge is -2.12. The third kappa shape index (κ3) is 2.67. The van der Waals surface area contributed by atoms with Crippen molar-refractivity contribution in [2.45, 2.75) is 25.9 Å². The van der Waals surface area contributed by atoms with Crippen molar-refractivity contribution in [3.05, 3.63) is 47.3 Å². The average Bonchev–Trinajstić information content (AvgIpc) is 2.83. The van der Waals surface area contributed by atoms with Crippen LogP contribution in [0.4, 0.5) is 13.2 Å². The first kappa shape index (κ1) is 14.1. The van der Waals surface area contributed by atoms with Crippen molar-refractivity contribution < 1.29 is 13.2 Å². The molecule has 1 aromatic heterocycles. The summed E-state index contributed by atoms with van der Waals surface area (Å²) in [5.74, 6) is 0. The minimum absolute atomic E-state index is 0.112. The fourth-order valence-electron chi connectivity index (χ4n) is 1.97. The van der Waals surface area contributed by atoms with E-state index in [4.69, 9.17) is 5.26 Å². The predicted molar refractivity (Wildman–Crippen MR) is 67.3 cm³/mol. The largest absolute Gasteiger partial charge is 0.433 e. The second-order valence-electron chi connectivity index (χ2n) is 4.28. The molecule has 0 saturated heterocycles. The highest BCUT2D eigenvalue weighted by Crippen LogP contribution is 2.33. The highest BCUT2D eigenvalue weighted by Gasteiger charge is 2.38. The lowest BCUT2D eigenvalue weighted by atomic mass is 10.1. The van der Waals surface area contributed by atoms with Crippen molar-refractivity contribution in [2.24, 2.45) is 0 Å². The molecule has 0 bridgehead atoms. The zero-order chi connectivity index (χ0) is 14.8. The van der Waals surface area contributed by atoms with Gasteiger partial charge in [0, 0.05) is 5.56 Å². The van der Waals surface area contributed by atoms with E-state index in [1.54, 1.807) is 30.3 Å². The normalized spacial score (nSPS) is 11.3. The molecule has 0 radical (unpaired) electrons. The molecule has 2 aromatic rings. The van der Waals surface area contributed by atoms with E-state index in [0.29, 0.717) is 5.69 Å². The molecule has 0 aliphatic carbocycles. The first-order valence-corrected chi connectivity index (χ1v) is 6.07. The molecule has 3 nitrogen and oxygen atoms in total. The molecule has 2 rings (SSSR count). The standard InChI is InChI=1S/C14H12F3N3/c1-2-10-3-5-12(6-4-10)20-13(14(15,16)17)11(7-8-18)9-19-20/h3-6,9H,2,7H2,1H3. The Morgan fingerprint density at radius 2 is 1.90 bits per heavy atom. The Balaban J connectivity index is 2.53. The Bertz CT molecular complexity index is 633. The van der Waals surface area contributed by atoms with E-state index in [9.17, 15) is 13.2 Å². The minimum atomic E-state index is -4.55. The number of nitrogens with zero attached hydrogens (tertiary/aromatic N) is 3. The Morgan fingerprint density at radius 3 is 2.40 bits per heavy atom. The van der Waals surface area contributed by atoms with Crippen molar-refractivity contribution >= 4 is 0 Å². The summed E-state index contributed by atoms with van der Waals surface area (Å²) in [5.41, 5.74) is 0.369. The van der Waals surface area contributed by atoms with Crippen LogP contribution in [-0.4, -0.2) is 9.78 Å². The number of hydrogen-bond acceptors (Lipinski definition) is 2. The van der Waals surface area contributed by atoms with Gasteiger partial charge in [-0.25, -0.2) is 4.68 Å². The summed E-state index contributed by atoms with van der Waals surface area (Å²) in [5, 5.41) is 12.4. The van der Waals surface area contributed by atoms with Gasteiger partial charge in [-0.3, -0.25) is 0 Å². The summed E-state index contributed by atoms with van der Waals surface area (Å²) in [7, 11) is 0. The molecular weight excluding hydrogens is 267 g/mol. The van der Waals surface area contributed by atoms with Gasteiger partial charge < -0.3 is 0 Å².